The lowest BCUT2D eigenvalue weighted by Crippen LogP contribution is -2.40. The van der Waals surface area contributed by atoms with Gasteiger partial charge < -0.3 is 24.6 Å². The highest BCUT2D eigenvalue weighted by Crippen LogP contribution is 2.34. The van der Waals surface area contributed by atoms with Gasteiger partial charge in [0.05, 0.1) is 31.9 Å². The van der Waals surface area contributed by atoms with E-state index in [0.717, 1.165) is 0 Å². The van der Waals surface area contributed by atoms with E-state index in [1.54, 1.807) is 111 Å². The van der Waals surface area contributed by atoms with Crippen LogP contribution in [0.4, 0.5) is 24.5 Å². The van der Waals surface area contributed by atoms with Crippen LogP contribution >= 0.6 is 0 Å². The summed E-state index contributed by atoms with van der Waals surface area (Å²) in [5.74, 6) is -0.906. The van der Waals surface area contributed by atoms with E-state index in [1.807, 2.05) is 18.2 Å². The third-order valence-corrected chi connectivity index (χ3v) is 8.51. The molecule has 5 aromatic rings. The minimum absolute atomic E-state index is 0.0408. The highest BCUT2D eigenvalue weighted by molar-refractivity contribution is 6.37. The highest BCUT2D eigenvalue weighted by atomic mass is 19.4. The van der Waals surface area contributed by atoms with E-state index < -0.39 is 30.4 Å². The lowest BCUT2D eigenvalue weighted by molar-refractivity contribution is -0.164. The Balaban J connectivity index is 0.000000190. The summed E-state index contributed by atoms with van der Waals surface area (Å²) in [5.41, 5.74) is 2.92. The second kappa shape index (κ2) is 16.5. The lowest BCUT2D eigenvalue weighted by atomic mass is 10.0. The number of rotatable bonds is 11. The molecule has 56 heavy (non-hydrogen) atoms. The number of anilines is 2. The second-order valence-corrected chi connectivity index (χ2v) is 12.4. The molecule has 286 valence electrons. The van der Waals surface area contributed by atoms with Gasteiger partial charge in [0.2, 0.25) is 0 Å². The molecule has 2 aliphatic heterocycles. The molecule has 0 radical (unpaired) electrons. The second-order valence-electron chi connectivity index (χ2n) is 12.4. The van der Waals surface area contributed by atoms with Gasteiger partial charge in [-0.3, -0.25) is 29.0 Å². The Labute approximate surface area is 318 Å². The predicted octanol–water partition coefficient (Wildman–Crippen LogP) is 6.83. The van der Waals surface area contributed by atoms with Crippen molar-refractivity contribution in [3.8, 4) is 11.5 Å². The van der Waals surface area contributed by atoms with Crippen molar-refractivity contribution >= 4 is 46.1 Å². The van der Waals surface area contributed by atoms with Crippen molar-refractivity contribution in [2.24, 2.45) is 0 Å². The maximum Gasteiger partial charge on any atom is 0.406 e. The Morgan fingerprint density at radius 2 is 1.05 bits per heavy atom. The van der Waals surface area contributed by atoms with Crippen molar-refractivity contribution < 1.29 is 46.3 Å². The molecule has 1 aromatic heterocycles. The van der Waals surface area contributed by atoms with Crippen LogP contribution in [0.3, 0.4) is 0 Å². The number of imide groups is 2. The molecule has 3 heterocycles. The Hall–Kier alpha value is -7.16. The lowest BCUT2D eigenvalue weighted by Gasteiger charge is -2.17. The van der Waals surface area contributed by atoms with Crippen LogP contribution in [-0.2, 0) is 25.7 Å². The number of aromatic nitrogens is 1. The third kappa shape index (κ3) is 8.62. The number of amides is 4. The van der Waals surface area contributed by atoms with Crippen LogP contribution in [0, 0.1) is 6.92 Å². The molecule has 12 nitrogen and oxygen atoms in total. The van der Waals surface area contributed by atoms with Gasteiger partial charge in [0.15, 0.2) is 0 Å². The third-order valence-electron chi connectivity index (χ3n) is 8.51. The summed E-state index contributed by atoms with van der Waals surface area (Å²) >= 11 is 0. The standard InChI is InChI=1S/C22H19N3O4.C19H15F3N2O3/c1-14-12-17(24-29-14)13-25-21(26)19(15-6-4-3-5-7-15)20(22(25)27)23-16-8-10-18(28-2)11-9-16;1-27-14-9-7-13(8-10-14)23-16-15(12-5-3-2-4-6-12)17(25)24(18(16)26)11-19(20,21)22/h3-12,23H,13H2,1-2H3;2-10,23H,11H2,1H3. The monoisotopic (exact) mass is 765 g/mol. The fourth-order valence-electron chi connectivity index (χ4n) is 5.89. The summed E-state index contributed by atoms with van der Waals surface area (Å²) < 4.78 is 53.7. The molecule has 0 unspecified atom stereocenters. The van der Waals surface area contributed by atoms with Crippen LogP contribution in [0.15, 0.2) is 131 Å². The minimum Gasteiger partial charge on any atom is -0.497 e. The fourth-order valence-corrected chi connectivity index (χ4v) is 5.89. The van der Waals surface area contributed by atoms with E-state index >= 15 is 0 Å². The number of halogens is 3. The van der Waals surface area contributed by atoms with Crippen LogP contribution < -0.4 is 20.1 Å². The first-order chi connectivity index (χ1) is 26.9. The molecule has 0 aliphatic carbocycles. The van der Waals surface area contributed by atoms with E-state index in [-0.39, 0.29) is 34.3 Å². The molecular formula is C41H34F3N5O7. The summed E-state index contributed by atoms with van der Waals surface area (Å²) in [6, 6.07) is 32.5. The normalized spacial score (nSPS) is 14.3. The molecule has 0 fully saturated rings. The molecule has 0 bridgehead atoms. The number of carbonyl (C=O) groups excluding carboxylic acids is 4. The molecular weight excluding hydrogens is 731 g/mol. The van der Waals surface area contributed by atoms with Crippen LogP contribution in [0.1, 0.15) is 22.6 Å². The van der Waals surface area contributed by atoms with Gasteiger partial charge >= 0.3 is 6.18 Å². The first-order valence-corrected chi connectivity index (χ1v) is 17.0. The SMILES string of the molecule is COc1ccc(NC2=C(c3ccccc3)C(=O)N(CC(F)(F)F)C2=O)cc1.COc1ccc(NC2=C(c3ccccc3)C(=O)N(Cc3cc(C)on3)C2=O)cc1. The number of carbonyl (C=O) groups is 4. The molecule has 7 rings (SSSR count). The fraction of sp³-hybridized carbons (Fsp3) is 0.146. The predicted molar refractivity (Wildman–Crippen MR) is 200 cm³/mol. The molecule has 4 amide bonds. The van der Waals surface area contributed by atoms with Crippen molar-refractivity contribution in [2.75, 3.05) is 31.4 Å². The van der Waals surface area contributed by atoms with Gasteiger partial charge in [-0.15, -0.1) is 0 Å². The number of alkyl halides is 3. The smallest absolute Gasteiger partial charge is 0.406 e. The molecule has 4 aromatic carbocycles. The van der Waals surface area contributed by atoms with Gasteiger partial charge in [-0.05, 0) is 66.6 Å². The summed E-state index contributed by atoms with van der Waals surface area (Å²) in [5, 5.41) is 9.79. The van der Waals surface area contributed by atoms with Gasteiger partial charge in [0, 0.05) is 17.4 Å². The maximum atomic E-state index is 13.2. The summed E-state index contributed by atoms with van der Waals surface area (Å²) in [6.07, 6.45) is -4.69. The largest absolute Gasteiger partial charge is 0.497 e. The number of aryl methyl sites for hydroxylation is 1. The van der Waals surface area contributed by atoms with Crippen LogP contribution in [0.5, 0.6) is 11.5 Å². The number of hydrogen-bond donors (Lipinski definition) is 2. The van der Waals surface area contributed by atoms with Crippen molar-refractivity contribution in [1.29, 1.82) is 0 Å². The van der Waals surface area contributed by atoms with Gasteiger partial charge in [-0.2, -0.15) is 13.2 Å². The van der Waals surface area contributed by atoms with E-state index in [0.29, 0.717) is 51.0 Å². The highest BCUT2D eigenvalue weighted by Gasteiger charge is 2.45. The van der Waals surface area contributed by atoms with Crippen molar-refractivity contribution in [1.82, 2.24) is 15.0 Å². The van der Waals surface area contributed by atoms with Crippen molar-refractivity contribution in [2.45, 2.75) is 19.6 Å². The Morgan fingerprint density at radius 3 is 1.45 bits per heavy atom. The molecule has 0 atom stereocenters. The molecule has 2 aliphatic rings. The van der Waals surface area contributed by atoms with Gasteiger partial charge in [-0.25, -0.2) is 0 Å². The molecule has 0 saturated heterocycles. The van der Waals surface area contributed by atoms with Crippen LogP contribution in [0.25, 0.3) is 11.1 Å². The zero-order valence-corrected chi connectivity index (χ0v) is 30.2. The molecule has 0 spiro atoms. The number of nitrogens with zero attached hydrogens (tertiary/aromatic N) is 3. The van der Waals surface area contributed by atoms with Crippen LogP contribution in [-0.4, -0.2) is 65.5 Å². The van der Waals surface area contributed by atoms with E-state index in [1.165, 1.54) is 12.0 Å². The first-order valence-electron chi connectivity index (χ1n) is 17.0. The number of methoxy groups -OCH3 is 2. The number of ether oxygens (including phenoxy) is 2. The quantitative estimate of drug-likeness (QED) is 0.137. The Morgan fingerprint density at radius 1 is 0.625 bits per heavy atom. The average Bonchev–Trinajstić information content (AvgIpc) is 3.79. The minimum atomic E-state index is -4.69. The van der Waals surface area contributed by atoms with E-state index in [2.05, 4.69) is 15.8 Å². The Bertz CT molecular complexity index is 2310. The zero-order valence-electron chi connectivity index (χ0n) is 30.2. The van der Waals surface area contributed by atoms with Gasteiger partial charge in [-0.1, -0.05) is 65.8 Å². The van der Waals surface area contributed by atoms with Crippen molar-refractivity contribution in [3.05, 3.63) is 149 Å². The van der Waals surface area contributed by atoms with Gasteiger partial charge in [0.1, 0.15) is 40.9 Å². The topological polar surface area (TPSA) is 143 Å². The maximum absolute atomic E-state index is 13.2. The molecule has 2 N–H and O–H groups in total. The first kappa shape index (κ1) is 38.6. The Kier molecular flexibility index (Phi) is 11.3. The summed E-state index contributed by atoms with van der Waals surface area (Å²) in [7, 11) is 3.08. The number of benzene rings is 4. The van der Waals surface area contributed by atoms with E-state index in [4.69, 9.17) is 14.0 Å². The molecule has 0 saturated carbocycles. The number of hydrogen-bond acceptors (Lipinski definition) is 10. The van der Waals surface area contributed by atoms with Crippen LogP contribution in [0.2, 0.25) is 0 Å². The van der Waals surface area contributed by atoms with Gasteiger partial charge in [0.25, 0.3) is 23.6 Å². The number of nitrogens with one attached hydrogen (secondary N) is 2. The summed E-state index contributed by atoms with van der Waals surface area (Å²) in [4.78, 5) is 52.8. The summed E-state index contributed by atoms with van der Waals surface area (Å²) in [6.45, 7) is 0.155. The molecule has 15 heteroatoms. The van der Waals surface area contributed by atoms with Crippen molar-refractivity contribution in [3.63, 3.8) is 0 Å². The average molecular weight is 766 g/mol. The van der Waals surface area contributed by atoms with E-state index in [9.17, 15) is 32.3 Å². The zero-order chi connectivity index (χ0) is 40.0.